The number of carbonyl (C=O) groups excluding carboxylic acids is 2. The number of rotatable bonds is 13. The number of carboxylic acid groups (broad SMARTS) is 2. The van der Waals surface area contributed by atoms with Gasteiger partial charge in [0.15, 0.2) is 47.1 Å². The highest BCUT2D eigenvalue weighted by Gasteiger charge is 2.54. The van der Waals surface area contributed by atoms with Gasteiger partial charge in [0.05, 0.1) is 21.8 Å². The van der Waals surface area contributed by atoms with Gasteiger partial charge in [-0.25, -0.2) is 19.1 Å². The molecule has 17 nitrogen and oxygen atoms in total. The van der Waals surface area contributed by atoms with Crippen LogP contribution in [-0.4, -0.2) is 81.3 Å². The summed E-state index contributed by atoms with van der Waals surface area (Å²) < 4.78 is 1.76. The maximum absolute atomic E-state index is 13.5. The number of ketones is 1. The Balaban J connectivity index is 1.20. The molecule has 278 valence electrons. The lowest BCUT2D eigenvalue weighted by atomic mass is 9.89. The number of aromatic nitrogens is 2. The molecule has 1 fully saturated rings. The number of hydrogen-bond acceptors (Lipinski definition) is 14. The zero-order valence-electron chi connectivity index (χ0n) is 28.4. The molecule has 0 aliphatic carbocycles. The third kappa shape index (κ3) is 7.44. The summed E-state index contributed by atoms with van der Waals surface area (Å²) in [5, 5.41) is 57.2. The topological polar surface area (TPSA) is 260 Å². The number of aliphatic carboxylic acids is 2. The van der Waals surface area contributed by atoms with Crippen molar-refractivity contribution < 1.29 is 53.9 Å². The molecular weight excluding hydrogens is 745 g/mol. The highest BCUT2D eigenvalue weighted by atomic mass is 32.2. The van der Waals surface area contributed by atoms with Crippen LogP contribution in [0.2, 0.25) is 0 Å². The molecular formula is C35H31N6O11S2+. The van der Waals surface area contributed by atoms with Crippen LogP contribution in [0.1, 0.15) is 37.1 Å². The van der Waals surface area contributed by atoms with Crippen molar-refractivity contribution in [3.63, 3.8) is 0 Å². The minimum absolute atomic E-state index is 0.0276. The fourth-order valence-electron chi connectivity index (χ4n) is 5.79. The monoisotopic (exact) mass is 775 g/mol. The summed E-state index contributed by atoms with van der Waals surface area (Å²) >= 11 is 2.22. The molecule has 0 bridgehead atoms. The highest BCUT2D eigenvalue weighted by molar-refractivity contribution is 8.00. The van der Waals surface area contributed by atoms with E-state index >= 15 is 0 Å². The third-order valence-electron chi connectivity index (χ3n) is 8.68. The molecule has 2 aliphatic heterocycles. The predicted octanol–water partition coefficient (Wildman–Crippen LogP) is 3.66. The van der Waals surface area contributed by atoms with E-state index in [1.54, 1.807) is 29.1 Å². The predicted molar refractivity (Wildman–Crippen MR) is 195 cm³/mol. The van der Waals surface area contributed by atoms with Crippen LogP contribution in [0.15, 0.2) is 76.7 Å². The number of thioether (sulfide) groups is 1. The molecule has 2 aromatic heterocycles. The standard InChI is InChI=1S/C35H30N6O11S2/c1-35(2,33(48)49)52-38-28(23-16-54-34(36)37-23)27(44)12-22-30(45)40-29(32(46)47)20(15-53-31(22)40)6-5-18-4-3-17(9-24(18)41(50)51)13-39-8-7-19-10-25(42)26(43)11-21(19)14-39/h3-11,14,16,22,31H,12-13,15H2,1-2H3,(H5,36,37,43,46,47,48,49)/p+1/b6-5?,38-28-/t22-,31-/m1/s1. The van der Waals surface area contributed by atoms with Crippen molar-refractivity contribution in [3.05, 3.63) is 98.5 Å². The second-order valence-corrected chi connectivity index (χ2v) is 14.8. The quantitative estimate of drug-likeness (QED) is 0.0324. The molecule has 2 aliphatic rings. The van der Waals surface area contributed by atoms with Gasteiger partial charge < -0.3 is 31.0 Å². The number of pyridine rings is 1. The largest absolute Gasteiger partial charge is 0.504 e. The van der Waals surface area contributed by atoms with Crippen LogP contribution >= 0.6 is 23.1 Å². The Morgan fingerprint density at radius 1 is 1.15 bits per heavy atom. The number of Topliss-reactive ketones (excluding diaryl/α,β-unsaturated/α-hetero) is 1. The van der Waals surface area contributed by atoms with Gasteiger partial charge in [-0.05, 0) is 49.1 Å². The van der Waals surface area contributed by atoms with Gasteiger partial charge in [0, 0.05) is 40.6 Å². The zero-order valence-corrected chi connectivity index (χ0v) is 30.0. The van der Waals surface area contributed by atoms with Crippen molar-refractivity contribution in [2.75, 3.05) is 11.5 Å². The Hall–Kier alpha value is -6.34. The number of hydrogen-bond donors (Lipinski definition) is 5. The molecule has 1 saturated heterocycles. The average molecular weight is 776 g/mol. The molecule has 1 amide bonds. The summed E-state index contributed by atoms with van der Waals surface area (Å²) in [6, 6.07) is 9.17. The minimum atomic E-state index is -1.79. The van der Waals surface area contributed by atoms with Crippen LogP contribution in [0.3, 0.4) is 0 Å². The van der Waals surface area contributed by atoms with E-state index in [-0.39, 0.29) is 62.9 Å². The van der Waals surface area contributed by atoms with Crippen molar-refractivity contribution in [1.82, 2.24) is 9.88 Å². The molecule has 0 radical (unpaired) electrons. The number of allylic oxidation sites excluding steroid dienone is 1. The Kier molecular flexibility index (Phi) is 10.1. The Morgan fingerprint density at radius 2 is 1.87 bits per heavy atom. The number of anilines is 1. The van der Waals surface area contributed by atoms with E-state index in [2.05, 4.69) is 10.1 Å². The van der Waals surface area contributed by atoms with Crippen molar-refractivity contribution in [2.45, 2.75) is 37.8 Å². The van der Waals surface area contributed by atoms with Crippen LogP contribution in [0.5, 0.6) is 11.5 Å². The Morgan fingerprint density at radius 3 is 2.52 bits per heavy atom. The summed E-state index contributed by atoms with van der Waals surface area (Å²) in [7, 11) is 0. The summed E-state index contributed by atoms with van der Waals surface area (Å²) in [6.07, 6.45) is 5.87. The number of carbonyl (C=O) groups is 4. The second-order valence-electron chi connectivity index (χ2n) is 12.8. The first-order valence-electron chi connectivity index (χ1n) is 16.0. The summed E-state index contributed by atoms with van der Waals surface area (Å²) in [5.74, 6) is -5.44. The van der Waals surface area contributed by atoms with E-state index < -0.39 is 51.9 Å². The number of fused-ring (bicyclic) bond motifs is 2. The van der Waals surface area contributed by atoms with Crippen LogP contribution in [-0.2, 0) is 30.6 Å². The van der Waals surface area contributed by atoms with E-state index in [0.29, 0.717) is 16.3 Å². The molecule has 0 spiro atoms. The van der Waals surface area contributed by atoms with Gasteiger partial charge in [-0.15, -0.1) is 23.1 Å². The summed E-state index contributed by atoms with van der Waals surface area (Å²) in [5.41, 5.74) is 4.07. The number of benzene rings is 2. The third-order valence-corrected chi connectivity index (χ3v) is 10.7. The second kappa shape index (κ2) is 14.6. The van der Waals surface area contributed by atoms with Crippen molar-refractivity contribution in [3.8, 4) is 11.5 Å². The van der Waals surface area contributed by atoms with E-state index in [1.165, 1.54) is 67.4 Å². The summed E-state index contributed by atoms with van der Waals surface area (Å²) in [6.45, 7) is 2.71. The lowest BCUT2D eigenvalue weighted by molar-refractivity contribution is -0.687. The lowest BCUT2D eigenvalue weighted by Crippen LogP contribution is -2.62. The van der Waals surface area contributed by atoms with Gasteiger partial charge in [0.1, 0.15) is 11.4 Å². The zero-order chi connectivity index (χ0) is 39.1. The SMILES string of the molecule is CC(C)(O/N=C(\C(=O)C[C@@H]1C(=O)N2C(C(=O)O)=C(C=Cc3ccc(C[n+]4ccc5cc(O)c(O)cc5c4)cc3[N+](=O)[O-])CS[C@H]12)c1csc(N)n1)C(=O)O. The number of nitro benzene ring substituents is 1. The molecule has 4 aromatic rings. The van der Waals surface area contributed by atoms with Gasteiger partial charge in [0.2, 0.25) is 11.5 Å². The number of nitrogen functional groups attached to an aromatic ring is 1. The van der Waals surface area contributed by atoms with Gasteiger partial charge in [0.25, 0.3) is 5.69 Å². The van der Waals surface area contributed by atoms with Crippen LogP contribution < -0.4 is 10.3 Å². The van der Waals surface area contributed by atoms with E-state index in [4.69, 9.17) is 10.6 Å². The number of aromatic hydroxyl groups is 2. The number of phenols is 2. The van der Waals surface area contributed by atoms with Crippen molar-refractivity contribution in [1.29, 1.82) is 0 Å². The number of nitro groups is 1. The molecule has 6 rings (SSSR count). The number of phenolic OH excluding ortho intramolecular Hbond substituents is 2. The molecule has 0 saturated carbocycles. The number of β-lactam (4-membered cyclic amide) rings is 1. The first kappa shape index (κ1) is 37.4. The first-order valence-corrected chi connectivity index (χ1v) is 17.9. The van der Waals surface area contributed by atoms with Gasteiger partial charge >= 0.3 is 11.9 Å². The molecule has 0 unspecified atom stereocenters. The number of amides is 1. The van der Waals surface area contributed by atoms with Crippen LogP contribution in [0.4, 0.5) is 10.8 Å². The highest BCUT2D eigenvalue weighted by Crippen LogP contribution is 2.46. The number of nitrogens with two attached hydrogens (primary N) is 1. The van der Waals surface area contributed by atoms with Crippen LogP contribution in [0, 0.1) is 16.0 Å². The van der Waals surface area contributed by atoms with E-state index in [9.17, 15) is 49.7 Å². The molecule has 6 N–H and O–H groups in total. The maximum atomic E-state index is 13.5. The molecule has 2 aromatic carbocycles. The minimum Gasteiger partial charge on any atom is -0.504 e. The van der Waals surface area contributed by atoms with Crippen molar-refractivity contribution in [2.24, 2.45) is 11.1 Å². The number of thiazole rings is 1. The normalized spacial score (nSPS) is 17.4. The molecule has 2 atom stereocenters. The fourth-order valence-corrected chi connectivity index (χ4v) is 7.72. The number of carboxylic acids is 2. The Labute approximate surface area is 313 Å². The maximum Gasteiger partial charge on any atom is 0.352 e. The Bertz CT molecular complexity index is 2350. The van der Waals surface area contributed by atoms with E-state index in [1.807, 2.05) is 0 Å². The first-order chi connectivity index (χ1) is 25.5. The van der Waals surface area contributed by atoms with Crippen LogP contribution in [0.25, 0.3) is 16.8 Å². The van der Waals surface area contributed by atoms with Gasteiger partial charge in [-0.1, -0.05) is 17.3 Å². The molecule has 19 heteroatoms. The molecule has 54 heavy (non-hydrogen) atoms. The van der Waals surface area contributed by atoms with Gasteiger partial charge in [-0.3, -0.25) is 24.6 Å². The average Bonchev–Trinajstić information content (AvgIpc) is 3.55. The smallest absolute Gasteiger partial charge is 0.352 e. The van der Waals surface area contributed by atoms with E-state index in [0.717, 1.165) is 16.2 Å². The fraction of sp³-hybridized carbons (Fsp3) is 0.229. The summed E-state index contributed by atoms with van der Waals surface area (Å²) in [4.78, 5) is 72.7. The lowest BCUT2D eigenvalue weighted by Gasteiger charge is -2.49. The van der Waals surface area contributed by atoms with Crippen molar-refractivity contribution >= 4 is 80.1 Å². The number of oxime groups is 1. The molecule has 4 heterocycles. The number of nitrogens with zero attached hydrogens (tertiary/aromatic N) is 5. The van der Waals surface area contributed by atoms with Gasteiger partial charge in [-0.2, -0.15) is 0 Å².